The largest absolute Gasteiger partial charge is 0.504 e. The first-order valence-corrected chi connectivity index (χ1v) is 7.26. The summed E-state index contributed by atoms with van der Waals surface area (Å²) >= 11 is 0. The summed E-state index contributed by atoms with van der Waals surface area (Å²) < 4.78 is 0. The van der Waals surface area contributed by atoms with Gasteiger partial charge in [-0.05, 0) is 25.2 Å². The summed E-state index contributed by atoms with van der Waals surface area (Å²) in [4.78, 5) is 0. The van der Waals surface area contributed by atoms with Crippen molar-refractivity contribution in [3.63, 3.8) is 0 Å². The fourth-order valence-electron chi connectivity index (χ4n) is 3.35. The van der Waals surface area contributed by atoms with Gasteiger partial charge in [0.1, 0.15) is 0 Å². The number of hydrogen-bond donors (Lipinski definition) is 6. The molecule has 2 rings (SSSR count). The zero-order valence-corrected chi connectivity index (χ0v) is 12.0. The highest BCUT2D eigenvalue weighted by molar-refractivity contribution is 5.69. The number of benzene rings is 1. The minimum absolute atomic E-state index is 0.197. The molecule has 0 radical (unpaired) electrons. The molecule has 1 fully saturated rings. The average Bonchev–Trinajstić information content (AvgIpc) is 2.51. The van der Waals surface area contributed by atoms with Gasteiger partial charge in [-0.15, -0.1) is 0 Å². The lowest BCUT2D eigenvalue weighted by Gasteiger charge is -2.39. The van der Waals surface area contributed by atoms with E-state index < -0.39 is 34.3 Å². The van der Waals surface area contributed by atoms with Crippen LogP contribution in [0.2, 0.25) is 0 Å². The van der Waals surface area contributed by atoms with Crippen LogP contribution in [0.1, 0.15) is 51.0 Å². The summed E-state index contributed by atoms with van der Waals surface area (Å²) in [5, 5.41) is 59.8. The number of phenolic OH excluding ortho intramolecular Hbond substituents is 5. The first-order chi connectivity index (χ1) is 9.84. The van der Waals surface area contributed by atoms with Crippen molar-refractivity contribution in [2.75, 3.05) is 0 Å². The normalized spacial score (nSPS) is 19.3. The van der Waals surface area contributed by atoms with Gasteiger partial charge in [0.25, 0.3) is 0 Å². The van der Waals surface area contributed by atoms with Crippen molar-refractivity contribution in [1.82, 2.24) is 0 Å². The lowest BCUT2D eigenvalue weighted by atomic mass is 9.71. The predicted octanol–water partition coefficient (Wildman–Crippen LogP) is 2.39. The second-order valence-electron chi connectivity index (χ2n) is 5.73. The standard InChI is InChI=1S/C15H22O6/c1-2-15(21,8-6-4-3-5-7-8)9-10(16)12(18)14(20)13(19)11(9)17/h8,16-21H,2-7H2,1H3. The first kappa shape index (κ1) is 15.6. The SMILES string of the molecule is CCC(O)(c1c(O)c(O)c(O)c(O)c1O)C1CCCCC1. The molecule has 1 saturated carbocycles. The maximum atomic E-state index is 11.0. The summed E-state index contributed by atoms with van der Waals surface area (Å²) in [6.07, 6.45) is 4.59. The van der Waals surface area contributed by atoms with Crippen molar-refractivity contribution in [2.24, 2.45) is 5.92 Å². The molecular formula is C15H22O6. The van der Waals surface area contributed by atoms with Crippen molar-refractivity contribution in [2.45, 2.75) is 51.0 Å². The molecule has 0 saturated heterocycles. The number of hydrogen-bond acceptors (Lipinski definition) is 6. The van der Waals surface area contributed by atoms with Gasteiger partial charge < -0.3 is 30.6 Å². The van der Waals surface area contributed by atoms with E-state index in [1.54, 1.807) is 6.92 Å². The summed E-state index contributed by atoms with van der Waals surface area (Å²) in [6.45, 7) is 1.70. The molecule has 1 aliphatic rings. The third-order valence-electron chi connectivity index (χ3n) is 4.62. The molecule has 0 aromatic heterocycles. The number of rotatable bonds is 3. The minimum atomic E-state index is -1.57. The molecule has 118 valence electrons. The van der Waals surface area contributed by atoms with Crippen LogP contribution in [0.4, 0.5) is 0 Å². The molecule has 6 N–H and O–H groups in total. The maximum Gasteiger partial charge on any atom is 0.208 e. The van der Waals surface area contributed by atoms with Gasteiger partial charge in [0.05, 0.1) is 11.2 Å². The van der Waals surface area contributed by atoms with Crippen molar-refractivity contribution in [1.29, 1.82) is 0 Å². The van der Waals surface area contributed by atoms with Crippen LogP contribution in [0.15, 0.2) is 0 Å². The van der Waals surface area contributed by atoms with Crippen molar-refractivity contribution < 1.29 is 30.6 Å². The molecule has 21 heavy (non-hydrogen) atoms. The average molecular weight is 298 g/mol. The van der Waals surface area contributed by atoms with E-state index in [-0.39, 0.29) is 17.9 Å². The Morgan fingerprint density at radius 2 is 1.24 bits per heavy atom. The molecule has 0 bridgehead atoms. The molecule has 1 unspecified atom stereocenters. The number of phenols is 5. The molecule has 1 aliphatic carbocycles. The molecule has 0 spiro atoms. The first-order valence-electron chi connectivity index (χ1n) is 7.26. The van der Waals surface area contributed by atoms with E-state index in [9.17, 15) is 30.6 Å². The van der Waals surface area contributed by atoms with Crippen LogP contribution in [0.5, 0.6) is 28.7 Å². The lowest BCUT2D eigenvalue weighted by Crippen LogP contribution is -2.36. The van der Waals surface area contributed by atoms with Gasteiger partial charge in [-0.25, -0.2) is 0 Å². The second-order valence-corrected chi connectivity index (χ2v) is 5.73. The summed E-state index contributed by atoms with van der Waals surface area (Å²) in [7, 11) is 0. The zero-order chi connectivity index (χ0) is 15.8. The van der Waals surface area contributed by atoms with Crippen LogP contribution in [0.3, 0.4) is 0 Å². The molecule has 0 heterocycles. The Kier molecular flexibility index (Phi) is 4.09. The number of aliphatic hydroxyl groups is 1. The van der Waals surface area contributed by atoms with Gasteiger partial charge in [0.15, 0.2) is 11.5 Å². The number of aromatic hydroxyl groups is 5. The Bertz CT molecular complexity index is 506. The third kappa shape index (κ3) is 2.33. The van der Waals surface area contributed by atoms with E-state index in [0.717, 1.165) is 32.1 Å². The highest BCUT2D eigenvalue weighted by Gasteiger charge is 2.43. The van der Waals surface area contributed by atoms with Gasteiger partial charge in [-0.2, -0.15) is 0 Å². The Morgan fingerprint density at radius 3 is 1.67 bits per heavy atom. The summed E-state index contributed by atoms with van der Waals surface area (Å²) in [6, 6.07) is 0. The van der Waals surface area contributed by atoms with Crippen molar-refractivity contribution >= 4 is 0 Å². The quantitative estimate of drug-likeness (QED) is 0.376. The van der Waals surface area contributed by atoms with Gasteiger partial charge in [-0.3, -0.25) is 0 Å². The fourth-order valence-corrected chi connectivity index (χ4v) is 3.35. The Morgan fingerprint density at radius 1 is 0.810 bits per heavy atom. The van der Waals surface area contributed by atoms with E-state index in [0.29, 0.717) is 0 Å². The van der Waals surface area contributed by atoms with E-state index >= 15 is 0 Å². The maximum absolute atomic E-state index is 11.0. The Balaban J connectivity index is 2.61. The van der Waals surface area contributed by atoms with E-state index in [1.807, 2.05) is 0 Å². The molecular weight excluding hydrogens is 276 g/mol. The van der Waals surface area contributed by atoms with Gasteiger partial charge in [0, 0.05) is 0 Å². The molecule has 0 amide bonds. The second kappa shape index (κ2) is 5.52. The Hall–Kier alpha value is -1.82. The third-order valence-corrected chi connectivity index (χ3v) is 4.62. The topological polar surface area (TPSA) is 121 Å². The molecule has 1 aromatic carbocycles. The Labute approximate surface area is 122 Å². The molecule has 0 aliphatic heterocycles. The molecule has 6 nitrogen and oxygen atoms in total. The van der Waals surface area contributed by atoms with Crippen molar-refractivity contribution in [3.05, 3.63) is 5.56 Å². The monoisotopic (exact) mass is 298 g/mol. The van der Waals surface area contributed by atoms with Crippen LogP contribution in [0.25, 0.3) is 0 Å². The van der Waals surface area contributed by atoms with Gasteiger partial charge in [0.2, 0.25) is 17.2 Å². The van der Waals surface area contributed by atoms with Gasteiger partial charge >= 0.3 is 0 Å². The molecule has 1 atom stereocenters. The lowest BCUT2D eigenvalue weighted by molar-refractivity contribution is -0.0458. The minimum Gasteiger partial charge on any atom is -0.504 e. The van der Waals surface area contributed by atoms with E-state index in [2.05, 4.69) is 0 Å². The smallest absolute Gasteiger partial charge is 0.208 e. The summed E-state index contributed by atoms with van der Waals surface area (Å²) in [5.41, 5.74) is -1.89. The predicted molar refractivity (Wildman–Crippen MR) is 75.5 cm³/mol. The van der Waals surface area contributed by atoms with Crippen molar-refractivity contribution in [3.8, 4) is 28.7 Å². The molecule has 1 aromatic rings. The zero-order valence-electron chi connectivity index (χ0n) is 12.0. The van der Waals surface area contributed by atoms with E-state index in [4.69, 9.17) is 0 Å². The van der Waals surface area contributed by atoms with Crippen LogP contribution in [-0.2, 0) is 5.60 Å². The van der Waals surface area contributed by atoms with E-state index in [1.165, 1.54) is 0 Å². The van der Waals surface area contributed by atoms with Crippen LogP contribution in [-0.4, -0.2) is 30.6 Å². The van der Waals surface area contributed by atoms with Gasteiger partial charge in [-0.1, -0.05) is 26.2 Å². The fraction of sp³-hybridized carbons (Fsp3) is 0.600. The highest BCUT2D eigenvalue weighted by atomic mass is 16.4. The highest BCUT2D eigenvalue weighted by Crippen LogP contribution is 2.57. The molecule has 6 heteroatoms. The summed E-state index contributed by atoms with van der Waals surface area (Å²) in [5.74, 6) is -4.67. The van der Waals surface area contributed by atoms with Crippen LogP contribution in [0, 0.1) is 5.92 Å². The van der Waals surface area contributed by atoms with Crippen LogP contribution >= 0.6 is 0 Å². The van der Waals surface area contributed by atoms with Crippen LogP contribution < -0.4 is 0 Å².